The van der Waals surface area contributed by atoms with Gasteiger partial charge in [-0.15, -0.1) is 11.3 Å². The second kappa shape index (κ2) is 9.13. The minimum absolute atomic E-state index is 0.102. The Bertz CT molecular complexity index is 1350. The van der Waals surface area contributed by atoms with Gasteiger partial charge in [-0.05, 0) is 36.8 Å². The molecule has 1 N–H and O–H groups in total. The summed E-state index contributed by atoms with van der Waals surface area (Å²) in [7, 11) is 0. The molecule has 0 aliphatic heterocycles. The predicted octanol–water partition coefficient (Wildman–Crippen LogP) is 6.30. The van der Waals surface area contributed by atoms with Crippen molar-refractivity contribution in [2.24, 2.45) is 0 Å². The minimum Gasteiger partial charge on any atom is -0.305 e. The Hall–Kier alpha value is -3.74. The number of halogens is 6. The smallest absolute Gasteiger partial charge is 0.305 e. The summed E-state index contributed by atoms with van der Waals surface area (Å²) in [6, 6.07) is 3.72. The molecule has 35 heavy (non-hydrogen) atoms. The number of carbonyl (C=O) groups excluding carboxylic acids is 1. The van der Waals surface area contributed by atoms with Crippen LogP contribution in [0.3, 0.4) is 0 Å². The molecule has 0 spiro atoms. The van der Waals surface area contributed by atoms with E-state index in [2.05, 4.69) is 20.4 Å². The van der Waals surface area contributed by atoms with E-state index in [1.165, 1.54) is 41.9 Å². The zero-order valence-electron chi connectivity index (χ0n) is 17.7. The van der Waals surface area contributed by atoms with E-state index < -0.39 is 35.4 Å². The monoisotopic (exact) mass is 511 g/mol. The molecule has 0 radical (unpaired) electrons. The van der Waals surface area contributed by atoms with Gasteiger partial charge < -0.3 is 5.32 Å². The van der Waals surface area contributed by atoms with Crippen LogP contribution in [-0.4, -0.2) is 25.7 Å². The van der Waals surface area contributed by atoms with Crippen molar-refractivity contribution in [2.45, 2.75) is 25.3 Å². The third-order valence-electron chi connectivity index (χ3n) is 5.14. The van der Waals surface area contributed by atoms with Crippen LogP contribution in [-0.2, 0) is 12.4 Å². The number of alkyl halides is 6. The van der Waals surface area contributed by atoms with Crippen LogP contribution in [0.15, 0.2) is 60.6 Å². The van der Waals surface area contributed by atoms with Crippen molar-refractivity contribution in [3.63, 3.8) is 0 Å². The number of nitrogens with one attached hydrogen (secondary N) is 1. The van der Waals surface area contributed by atoms with E-state index in [9.17, 15) is 31.1 Å². The molecular weight excluding hydrogens is 496 g/mol. The summed E-state index contributed by atoms with van der Waals surface area (Å²) in [5.41, 5.74) is -0.771. The Labute approximate surface area is 198 Å². The molecule has 1 unspecified atom stereocenters. The Morgan fingerprint density at radius 2 is 1.86 bits per heavy atom. The SMILES string of the molecule is CC(c1ccc(C(F)(F)F)cc1C(F)(F)F)n1cc(-c2cccnc2NC(=O)c2cncs2)cn1. The van der Waals surface area contributed by atoms with Gasteiger partial charge in [-0.3, -0.25) is 14.5 Å². The first-order valence-electron chi connectivity index (χ1n) is 9.93. The fourth-order valence-electron chi connectivity index (χ4n) is 3.41. The lowest BCUT2D eigenvalue weighted by molar-refractivity contribution is -0.143. The first kappa shape index (κ1) is 24.4. The highest BCUT2D eigenvalue weighted by molar-refractivity contribution is 7.11. The normalized spacial score (nSPS) is 13.0. The van der Waals surface area contributed by atoms with Gasteiger partial charge >= 0.3 is 12.4 Å². The number of nitrogens with zero attached hydrogens (tertiary/aromatic N) is 4. The average molecular weight is 511 g/mol. The highest BCUT2D eigenvalue weighted by atomic mass is 32.1. The van der Waals surface area contributed by atoms with Crippen molar-refractivity contribution in [1.29, 1.82) is 0 Å². The van der Waals surface area contributed by atoms with Crippen molar-refractivity contribution < 1.29 is 31.1 Å². The van der Waals surface area contributed by atoms with Gasteiger partial charge in [0.25, 0.3) is 5.91 Å². The molecule has 0 saturated heterocycles. The van der Waals surface area contributed by atoms with E-state index in [0.29, 0.717) is 22.1 Å². The zero-order chi connectivity index (χ0) is 25.4. The first-order chi connectivity index (χ1) is 16.4. The maximum atomic E-state index is 13.6. The number of benzene rings is 1. The van der Waals surface area contributed by atoms with Crippen molar-refractivity contribution in [3.8, 4) is 11.1 Å². The summed E-state index contributed by atoms with van der Waals surface area (Å²) in [4.78, 5) is 20.8. The van der Waals surface area contributed by atoms with Crippen LogP contribution in [0.25, 0.3) is 11.1 Å². The van der Waals surface area contributed by atoms with Crippen molar-refractivity contribution in [2.75, 3.05) is 5.32 Å². The quantitative estimate of drug-likeness (QED) is 0.319. The van der Waals surface area contributed by atoms with Gasteiger partial charge in [-0.2, -0.15) is 31.4 Å². The Balaban J connectivity index is 1.67. The first-order valence-corrected chi connectivity index (χ1v) is 10.8. The number of hydrogen-bond acceptors (Lipinski definition) is 5. The lowest BCUT2D eigenvalue weighted by Gasteiger charge is -2.20. The van der Waals surface area contributed by atoms with Gasteiger partial charge in [0.05, 0.1) is 35.1 Å². The average Bonchev–Trinajstić information content (AvgIpc) is 3.50. The van der Waals surface area contributed by atoms with Crippen molar-refractivity contribution >= 4 is 23.1 Å². The molecular formula is C22H15F6N5OS. The molecule has 3 aromatic heterocycles. The largest absolute Gasteiger partial charge is 0.416 e. The molecule has 4 rings (SSSR count). The van der Waals surface area contributed by atoms with Gasteiger partial charge in [-0.1, -0.05) is 6.07 Å². The molecule has 182 valence electrons. The highest BCUT2D eigenvalue weighted by Crippen LogP contribution is 2.40. The van der Waals surface area contributed by atoms with E-state index in [1.807, 2.05) is 0 Å². The lowest BCUT2D eigenvalue weighted by Crippen LogP contribution is -2.17. The summed E-state index contributed by atoms with van der Waals surface area (Å²) >= 11 is 1.13. The van der Waals surface area contributed by atoms with Gasteiger partial charge in [-0.25, -0.2) is 4.98 Å². The van der Waals surface area contributed by atoms with E-state index in [-0.39, 0.29) is 17.4 Å². The molecule has 6 nitrogen and oxygen atoms in total. The minimum atomic E-state index is -5.00. The summed E-state index contributed by atoms with van der Waals surface area (Å²) < 4.78 is 81.0. The number of amides is 1. The third kappa shape index (κ3) is 5.19. The molecule has 0 bridgehead atoms. The van der Waals surface area contributed by atoms with E-state index >= 15 is 0 Å². The van der Waals surface area contributed by atoms with E-state index in [4.69, 9.17) is 0 Å². The molecule has 13 heteroatoms. The number of rotatable bonds is 5. The third-order valence-corrected chi connectivity index (χ3v) is 5.91. The predicted molar refractivity (Wildman–Crippen MR) is 116 cm³/mol. The summed E-state index contributed by atoms with van der Waals surface area (Å²) in [6.07, 6.45) is -4.27. The molecule has 0 aliphatic rings. The maximum Gasteiger partial charge on any atom is 0.416 e. The fraction of sp³-hybridized carbons (Fsp3) is 0.182. The molecule has 0 saturated carbocycles. The Kier molecular flexibility index (Phi) is 6.36. The molecule has 3 heterocycles. The van der Waals surface area contributed by atoms with E-state index in [1.54, 1.807) is 12.1 Å². The topological polar surface area (TPSA) is 72.7 Å². The summed E-state index contributed by atoms with van der Waals surface area (Å²) in [5, 5.41) is 6.77. The number of hydrogen-bond donors (Lipinski definition) is 1. The van der Waals surface area contributed by atoms with Crippen LogP contribution >= 0.6 is 11.3 Å². The van der Waals surface area contributed by atoms with Crippen LogP contribution in [0.4, 0.5) is 32.2 Å². The van der Waals surface area contributed by atoms with Crippen molar-refractivity contribution in [1.82, 2.24) is 19.7 Å². The second-order valence-electron chi connectivity index (χ2n) is 7.40. The molecule has 1 aromatic carbocycles. The number of carbonyl (C=O) groups is 1. The fourth-order valence-corrected chi connectivity index (χ4v) is 3.92. The zero-order valence-corrected chi connectivity index (χ0v) is 18.5. The van der Waals surface area contributed by atoms with Gasteiger partial charge in [0, 0.05) is 23.5 Å². The van der Waals surface area contributed by atoms with Crippen LogP contribution in [0, 0.1) is 0 Å². The summed E-state index contributed by atoms with van der Waals surface area (Å²) in [6.45, 7) is 1.39. The summed E-state index contributed by atoms with van der Waals surface area (Å²) in [5.74, 6) is -0.239. The Morgan fingerprint density at radius 3 is 2.51 bits per heavy atom. The van der Waals surface area contributed by atoms with Crippen molar-refractivity contribution in [3.05, 3.63) is 82.2 Å². The number of anilines is 1. The van der Waals surface area contributed by atoms with Crippen LogP contribution in [0.5, 0.6) is 0 Å². The van der Waals surface area contributed by atoms with Gasteiger partial charge in [0.1, 0.15) is 10.7 Å². The molecule has 1 amide bonds. The Morgan fingerprint density at radius 1 is 1.09 bits per heavy atom. The number of pyridine rings is 1. The second-order valence-corrected chi connectivity index (χ2v) is 8.29. The number of aromatic nitrogens is 4. The molecule has 1 atom stereocenters. The molecule has 0 fully saturated rings. The molecule has 4 aromatic rings. The van der Waals surface area contributed by atoms with Gasteiger partial charge in [0.2, 0.25) is 0 Å². The van der Waals surface area contributed by atoms with Gasteiger partial charge in [0.15, 0.2) is 0 Å². The highest BCUT2D eigenvalue weighted by Gasteiger charge is 2.39. The van der Waals surface area contributed by atoms with E-state index in [0.717, 1.165) is 17.4 Å². The van der Waals surface area contributed by atoms with Crippen LogP contribution < -0.4 is 5.32 Å². The lowest BCUT2D eigenvalue weighted by atomic mass is 9.98. The number of thiazole rings is 1. The van der Waals surface area contributed by atoms with Crippen LogP contribution in [0.2, 0.25) is 0 Å². The van der Waals surface area contributed by atoms with Crippen LogP contribution in [0.1, 0.15) is 39.3 Å². The maximum absolute atomic E-state index is 13.6. The molecule has 0 aliphatic carbocycles. The standard InChI is InChI=1S/C22H15F6N5OS/c1-12(15-5-4-14(21(23,24)25)7-17(15)22(26,27)28)33-10-13(8-31-33)16-3-2-6-30-19(16)32-20(34)18-9-29-11-35-18/h2-12H,1H3,(H,30,32,34).